The second kappa shape index (κ2) is 4.46. The van der Waals surface area contributed by atoms with Crippen LogP contribution in [0.3, 0.4) is 0 Å². The molecule has 0 aliphatic heterocycles. The van der Waals surface area contributed by atoms with Gasteiger partial charge in [-0.3, -0.25) is 4.79 Å². The Kier molecular flexibility index (Phi) is 3.29. The van der Waals surface area contributed by atoms with Crippen LogP contribution < -0.4 is 5.32 Å². The van der Waals surface area contributed by atoms with Crippen molar-refractivity contribution in [1.29, 1.82) is 0 Å². The maximum Gasteiger partial charge on any atom is 0.251 e. The van der Waals surface area contributed by atoms with Crippen LogP contribution in [0.2, 0.25) is 0 Å². The van der Waals surface area contributed by atoms with E-state index in [0.29, 0.717) is 5.56 Å². The van der Waals surface area contributed by atoms with Gasteiger partial charge >= 0.3 is 0 Å². The summed E-state index contributed by atoms with van der Waals surface area (Å²) in [5.74, 6) is -0.259. The molecule has 0 radical (unpaired) electrons. The predicted molar refractivity (Wildman–Crippen MR) is 55.3 cm³/mol. The van der Waals surface area contributed by atoms with Crippen molar-refractivity contribution in [1.82, 2.24) is 5.32 Å². The number of hydrogen-bond donors (Lipinski definition) is 2. The van der Waals surface area contributed by atoms with E-state index in [1.54, 1.807) is 12.1 Å². The number of aliphatic hydroxyl groups is 1. The zero-order chi connectivity index (χ0) is 10.6. The van der Waals surface area contributed by atoms with Crippen LogP contribution in [0.25, 0.3) is 0 Å². The molecule has 0 heterocycles. The fraction of sp³-hybridized carbons (Fsp3) is 0.182. The standard InChI is InChI=1S/C11H13NO2/c1-8-3-5-10(6-4-8)11(14)12-7-9(2)13/h3-6,13H,2,7H2,1H3,(H,12,14). The Morgan fingerprint density at radius 2 is 2.00 bits per heavy atom. The highest BCUT2D eigenvalue weighted by atomic mass is 16.3. The normalized spacial score (nSPS) is 9.50. The van der Waals surface area contributed by atoms with Crippen molar-refractivity contribution < 1.29 is 9.90 Å². The quantitative estimate of drug-likeness (QED) is 0.716. The van der Waals surface area contributed by atoms with E-state index in [1.165, 1.54) is 0 Å². The van der Waals surface area contributed by atoms with Gasteiger partial charge in [-0.15, -0.1) is 0 Å². The summed E-state index contributed by atoms with van der Waals surface area (Å²) in [7, 11) is 0. The van der Waals surface area contributed by atoms with Gasteiger partial charge in [0.25, 0.3) is 5.91 Å². The van der Waals surface area contributed by atoms with Crippen LogP contribution >= 0.6 is 0 Å². The van der Waals surface area contributed by atoms with Gasteiger partial charge in [0.2, 0.25) is 0 Å². The molecule has 0 aliphatic carbocycles. The molecular formula is C11H13NO2. The molecule has 0 spiro atoms. The molecule has 0 aromatic heterocycles. The Bertz CT molecular complexity index is 341. The Balaban J connectivity index is 2.61. The van der Waals surface area contributed by atoms with Crippen molar-refractivity contribution in [2.45, 2.75) is 6.92 Å². The maximum atomic E-state index is 11.4. The lowest BCUT2D eigenvalue weighted by atomic mass is 10.1. The number of nitrogens with one attached hydrogen (secondary N) is 1. The zero-order valence-corrected chi connectivity index (χ0v) is 8.08. The van der Waals surface area contributed by atoms with Crippen molar-refractivity contribution in [2.24, 2.45) is 0 Å². The van der Waals surface area contributed by atoms with E-state index >= 15 is 0 Å². The van der Waals surface area contributed by atoms with Gasteiger partial charge in [-0.05, 0) is 19.1 Å². The number of benzene rings is 1. The average Bonchev–Trinajstić information content (AvgIpc) is 2.15. The van der Waals surface area contributed by atoms with Crippen molar-refractivity contribution in [3.63, 3.8) is 0 Å². The number of carbonyl (C=O) groups excluding carboxylic acids is 1. The lowest BCUT2D eigenvalue weighted by Crippen LogP contribution is -2.25. The van der Waals surface area contributed by atoms with Crippen molar-refractivity contribution in [3.8, 4) is 0 Å². The van der Waals surface area contributed by atoms with E-state index in [1.807, 2.05) is 19.1 Å². The van der Waals surface area contributed by atoms with E-state index in [4.69, 9.17) is 5.11 Å². The van der Waals surface area contributed by atoms with Gasteiger partial charge in [0.05, 0.1) is 6.54 Å². The number of hydrogen-bond acceptors (Lipinski definition) is 2. The second-order valence-electron chi connectivity index (χ2n) is 3.11. The third-order valence-electron chi connectivity index (χ3n) is 1.77. The molecule has 0 bridgehead atoms. The Morgan fingerprint density at radius 1 is 1.43 bits per heavy atom. The highest BCUT2D eigenvalue weighted by Gasteiger charge is 2.03. The van der Waals surface area contributed by atoms with Crippen LogP contribution in [-0.4, -0.2) is 17.6 Å². The third-order valence-corrected chi connectivity index (χ3v) is 1.77. The molecule has 3 nitrogen and oxygen atoms in total. The van der Waals surface area contributed by atoms with E-state index in [-0.39, 0.29) is 18.2 Å². The molecule has 3 heteroatoms. The zero-order valence-electron chi connectivity index (χ0n) is 8.08. The largest absolute Gasteiger partial charge is 0.511 e. The molecule has 0 aliphatic rings. The van der Waals surface area contributed by atoms with Gasteiger partial charge in [0.15, 0.2) is 0 Å². The van der Waals surface area contributed by atoms with Crippen LogP contribution in [0.15, 0.2) is 36.6 Å². The van der Waals surface area contributed by atoms with E-state index in [0.717, 1.165) is 5.56 Å². The summed E-state index contributed by atoms with van der Waals surface area (Å²) in [6.45, 7) is 5.32. The molecule has 1 rings (SSSR count). The van der Waals surface area contributed by atoms with Gasteiger partial charge in [-0.25, -0.2) is 0 Å². The fourth-order valence-electron chi connectivity index (χ4n) is 0.989. The lowest BCUT2D eigenvalue weighted by molar-refractivity contribution is 0.0952. The molecule has 0 saturated heterocycles. The lowest BCUT2D eigenvalue weighted by Gasteiger charge is -2.03. The number of rotatable bonds is 3. The summed E-state index contributed by atoms with van der Waals surface area (Å²) in [4.78, 5) is 11.4. The van der Waals surface area contributed by atoms with Crippen LogP contribution in [0, 0.1) is 6.92 Å². The Morgan fingerprint density at radius 3 is 2.50 bits per heavy atom. The summed E-state index contributed by atoms with van der Waals surface area (Å²) in [6, 6.07) is 7.21. The molecule has 0 saturated carbocycles. The summed E-state index contributed by atoms with van der Waals surface area (Å²) in [5.41, 5.74) is 1.69. The molecule has 2 N–H and O–H groups in total. The number of aliphatic hydroxyl groups excluding tert-OH is 1. The topological polar surface area (TPSA) is 49.3 Å². The fourth-order valence-corrected chi connectivity index (χ4v) is 0.989. The molecule has 0 atom stereocenters. The summed E-state index contributed by atoms with van der Waals surface area (Å²) in [6.07, 6.45) is 0. The molecule has 1 aromatic rings. The monoisotopic (exact) mass is 191 g/mol. The van der Waals surface area contributed by atoms with Gasteiger partial charge < -0.3 is 10.4 Å². The summed E-state index contributed by atoms with van der Waals surface area (Å²) in [5, 5.41) is 11.3. The highest BCUT2D eigenvalue weighted by molar-refractivity contribution is 5.94. The van der Waals surface area contributed by atoms with Crippen molar-refractivity contribution in [2.75, 3.05) is 6.54 Å². The number of carbonyl (C=O) groups is 1. The third kappa shape index (κ3) is 2.94. The average molecular weight is 191 g/mol. The Labute approximate surface area is 83.1 Å². The van der Waals surface area contributed by atoms with E-state index < -0.39 is 0 Å². The number of aryl methyl sites for hydroxylation is 1. The molecule has 0 fully saturated rings. The second-order valence-corrected chi connectivity index (χ2v) is 3.11. The van der Waals surface area contributed by atoms with Crippen molar-refractivity contribution in [3.05, 3.63) is 47.7 Å². The van der Waals surface area contributed by atoms with Gasteiger partial charge in [-0.2, -0.15) is 0 Å². The summed E-state index contributed by atoms with van der Waals surface area (Å²) >= 11 is 0. The van der Waals surface area contributed by atoms with Crippen LogP contribution in [0.1, 0.15) is 15.9 Å². The Hall–Kier alpha value is -1.77. The highest BCUT2D eigenvalue weighted by Crippen LogP contribution is 2.02. The van der Waals surface area contributed by atoms with Crippen LogP contribution in [0.4, 0.5) is 0 Å². The van der Waals surface area contributed by atoms with Gasteiger partial charge in [0, 0.05) is 5.56 Å². The maximum absolute atomic E-state index is 11.4. The van der Waals surface area contributed by atoms with Crippen molar-refractivity contribution >= 4 is 5.91 Å². The minimum Gasteiger partial charge on any atom is -0.511 e. The van der Waals surface area contributed by atoms with E-state index in [9.17, 15) is 4.79 Å². The molecule has 74 valence electrons. The minimum absolute atomic E-state index is 0.0505. The predicted octanol–water partition coefficient (Wildman–Crippen LogP) is 1.80. The first-order chi connectivity index (χ1) is 6.59. The van der Waals surface area contributed by atoms with Crippen LogP contribution in [-0.2, 0) is 0 Å². The molecule has 1 aromatic carbocycles. The number of amides is 1. The van der Waals surface area contributed by atoms with Crippen LogP contribution in [0.5, 0.6) is 0 Å². The minimum atomic E-state index is -0.208. The molecule has 14 heavy (non-hydrogen) atoms. The van der Waals surface area contributed by atoms with Gasteiger partial charge in [-0.1, -0.05) is 24.3 Å². The van der Waals surface area contributed by atoms with Gasteiger partial charge in [0.1, 0.15) is 5.76 Å². The smallest absolute Gasteiger partial charge is 0.251 e. The SMILES string of the molecule is C=C(O)CNC(=O)c1ccc(C)cc1. The van der Waals surface area contributed by atoms with E-state index in [2.05, 4.69) is 11.9 Å². The molecule has 0 unspecified atom stereocenters. The molecular weight excluding hydrogens is 178 g/mol. The first-order valence-electron chi connectivity index (χ1n) is 4.31. The summed E-state index contributed by atoms with van der Waals surface area (Å²) < 4.78 is 0. The first kappa shape index (κ1) is 10.3. The molecule has 1 amide bonds. The first-order valence-corrected chi connectivity index (χ1v) is 4.31.